The molecule has 88 valence electrons. The Hall–Kier alpha value is -1.48. The largest absolute Gasteiger partial charge is 0.308 e. The number of benzene rings is 1. The van der Waals surface area contributed by atoms with Gasteiger partial charge in [-0.3, -0.25) is 4.98 Å². The smallest absolute Gasteiger partial charge is 0.0890 e. The van der Waals surface area contributed by atoms with Crippen LogP contribution in [0, 0.1) is 5.92 Å². The van der Waals surface area contributed by atoms with E-state index in [1.54, 1.807) is 0 Å². The molecule has 0 radical (unpaired) electrons. The molecule has 1 aromatic carbocycles. The fourth-order valence-corrected chi connectivity index (χ4v) is 2.27. The first-order valence-electron chi connectivity index (χ1n) is 6.31. The summed E-state index contributed by atoms with van der Waals surface area (Å²) in [6.07, 6.45) is 4.47. The van der Waals surface area contributed by atoms with Crippen LogP contribution in [0.1, 0.15) is 25.5 Å². The lowest BCUT2D eigenvalue weighted by Gasteiger charge is -2.04. The van der Waals surface area contributed by atoms with E-state index in [-0.39, 0.29) is 0 Å². The van der Waals surface area contributed by atoms with Crippen molar-refractivity contribution in [1.29, 1.82) is 0 Å². The van der Waals surface area contributed by atoms with E-state index in [9.17, 15) is 0 Å². The third-order valence-corrected chi connectivity index (χ3v) is 3.49. The molecule has 0 amide bonds. The van der Waals surface area contributed by atoms with Gasteiger partial charge >= 0.3 is 0 Å². The van der Waals surface area contributed by atoms with Crippen molar-refractivity contribution in [2.24, 2.45) is 5.92 Å². The minimum Gasteiger partial charge on any atom is -0.308 e. The number of hydrogen-bond acceptors (Lipinski definition) is 3. The van der Waals surface area contributed by atoms with Crippen molar-refractivity contribution in [1.82, 2.24) is 15.3 Å². The topological polar surface area (TPSA) is 37.8 Å². The van der Waals surface area contributed by atoms with Crippen LogP contribution in [0.25, 0.3) is 11.0 Å². The van der Waals surface area contributed by atoms with Crippen LogP contribution < -0.4 is 5.32 Å². The second kappa shape index (κ2) is 4.41. The Bertz CT molecular complexity index is 524. The van der Waals surface area contributed by atoms with E-state index >= 15 is 0 Å². The van der Waals surface area contributed by atoms with Gasteiger partial charge in [-0.05, 0) is 24.5 Å². The molecule has 1 N–H and O–H groups in total. The van der Waals surface area contributed by atoms with Gasteiger partial charge in [-0.2, -0.15) is 0 Å². The van der Waals surface area contributed by atoms with Crippen LogP contribution in [0.4, 0.5) is 0 Å². The van der Waals surface area contributed by atoms with Gasteiger partial charge in [0.1, 0.15) is 0 Å². The third kappa shape index (κ3) is 2.29. The zero-order valence-corrected chi connectivity index (χ0v) is 10.1. The van der Waals surface area contributed by atoms with Crippen LogP contribution in [0.2, 0.25) is 0 Å². The lowest BCUT2D eigenvalue weighted by molar-refractivity contribution is 0.616. The lowest BCUT2D eigenvalue weighted by Crippen LogP contribution is -2.18. The summed E-state index contributed by atoms with van der Waals surface area (Å²) < 4.78 is 0. The average molecular weight is 227 g/mol. The van der Waals surface area contributed by atoms with E-state index in [1.807, 2.05) is 30.5 Å². The Balaban J connectivity index is 1.69. The highest BCUT2D eigenvalue weighted by Crippen LogP contribution is 2.33. The average Bonchev–Trinajstić information content (AvgIpc) is 3.15. The Morgan fingerprint density at radius 2 is 2.12 bits per heavy atom. The van der Waals surface area contributed by atoms with Gasteiger partial charge in [0.05, 0.1) is 22.9 Å². The highest BCUT2D eigenvalue weighted by atomic mass is 15.0. The van der Waals surface area contributed by atoms with E-state index in [1.165, 1.54) is 12.8 Å². The quantitative estimate of drug-likeness (QED) is 0.872. The Kier molecular flexibility index (Phi) is 2.77. The molecule has 3 heteroatoms. The standard InChI is InChI=1S/C14H17N3/c1-2-10-7-14(10)16-9-11-8-15-12-5-3-4-6-13(12)17-11/h3-6,8,10,14,16H,2,7,9H2,1H3. The number of nitrogens with one attached hydrogen (secondary N) is 1. The van der Waals surface area contributed by atoms with Crippen LogP contribution in [0.3, 0.4) is 0 Å². The lowest BCUT2D eigenvalue weighted by atomic mass is 10.3. The summed E-state index contributed by atoms with van der Waals surface area (Å²) in [6, 6.07) is 8.70. The molecule has 2 atom stereocenters. The van der Waals surface area contributed by atoms with E-state index in [2.05, 4.69) is 22.2 Å². The molecule has 1 aliphatic carbocycles. The van der Waals surface area contributed by atoms with Crippen LogP contribution in [-0.4, -0.2) is 16.0 Å². The highest BCUT2D eigenvalue weighted by molar-refractivity contribution is 5.73. The molecule has 0 spiro atoms. The van der Waals surface area contributed by atoms with E-state index in [0.29, 0.717) is 6.04 Å². The van der Waals surface area contributed by atoms with Gasteiger partial charge in [0.15, 0.2) is 0 Å². The fraction of sp³-hybridized carbons (Fsp3) is 0.429. The molecular weight excluding hydrogens is 210 g/mol. The summed E-state index contributed by atoms with van der Waals surface area (Å²) in [6.45, 7) is 3.08. The third-order valence-electron chi connectivity index (χ3n) is 3.49. The van der Waals surface area contributed by atoms with Crippen LogP contribution in [0.5, 0.6) is 0 Å². The normalized spacial score (nSPS) is 22.9. The Morgan fingerprint density at radius 1 is 1.29 bits per heavy atom. The van der Waals surface area contributed by atoms with Crippen molar-refractivity contribution in [3.63, 3.8) is 0 Å². The van der Waals surface area contributed by atoms with Crippen LogP contribution in [-0.2, 0) is 6.54 Å². The van der Waals surface area contributed by atoms with Crippen molar-refractivity contribution >= 4 is 11.0 Å². The molecule has 1 fully saturated rings. The zero-order chi connectivity index (χ0) is 11.7. The van der Waals surface area contributed by atoms with E-state index in [0.717, 1.165) is 29.2 Å². The molecule has 1 aromatic heterocycles. The first kappa shape index (κ1) is 10.7. The molecule has 0 bridgehead atoms. The molecule has 1 aliphatic rings. The first-order valence-corrected chi connectivity index (χ1v) is 6.31. The molecule has 1 heterocycles. The van der Waals surface area contributed by atoms with Crippen molar-refractivity contribution < 1.29 is 0 Å². The monoisotopic (exact) mass is 227 g/mol. The first-order chi connectivity index (χ1) is 8.36. The van der Waals surface area contributed by atoms with Crippen molar-refractivity contribution in [2.75, 3.05) is 0 Å². The molecular formula is C14H17N3. The number of rotatable bonds is 4. The SMILES string of the molecule is CCC1CC1NCc1cnc2ccccc2n1. The van der Waals surface area contributed by atoms with Crippen LogP contribution >= 0.6 is 0 Å². The Labute approximate surface area is 101 Å². The maximum atomic E-state index is 4.60. The zero-order valence-electron chi connectivity index (χ0n) is 10.1. The summed E-state index contributed by atoms with van der Waals surface area (Å²) in [5, 5.41) is 3.54. The van der Waals surface area contributed by atoms with E-state index in [4.69, 9.17) is 0 Å². The maximum absolute atomic E-state index is 4.60. The van der Waals surface area contributed by atoms with Crippen molar-refractivity contribution in [3.05, 3.63) is 36.2 Å². The molecule has 1 saturated carbocycles. The van der Waals surface area contributed by atoms with Gasteiger partial charge in [0.2, 0.25) is 0 Å². The molecule has 0 saturated heterocycles. The molecule has 3 nitrogen and oxygen atoms in total. The highest BCUT2D eigenvalue weighted by Gasteiger charge is 2.34. The second-order valence-corrected chi connectivity index (χ2v) is 4.74. The van der Waals surface area contributed by atoms with Gasteiger partial charge in [-0.25, -0.2) is 4.98 Å². The van der Waals surface area contributed by atoms with Gasteiger partial charge in [0, 0.05) is 12.6 Å². The number of aromatic nitrogens is 2. The van der Waals surface area contributed by atoms with Crippen molar-refractivity contribution in [2.45, 2.75) is 32.4 Å². The van der Waals surface area contributed by atoms with Gasteiger partial charge in [0.25, 0.3) is 0 Å². The summed E-state index contributed by atoms with van der Waals surface area (Å²) in [7, 11) is 0. The van der Waals surface area contributed by atoms with E-state index < -0.39 is 0 Å². The van der Waals surface area contributed by atoms with Gasteiger partial charge < -0.3 is 5.32 Å². The van der Waals surface area contributed by atoms with Gasteiger partial charge in [-0.1, -0.05) is 25.5 Å². The van der Waals surface area contributed by atoms with Crippen molar-refractivity contribution in [3.8, 4) is 0 Å². The number of hydrogen-bond donors (Lipinski definition) is 1. The Morgan fingerprint density at radius 3 is 2.88 bits per heavy atom. The molecule has 0 aliphatic heterocycles. The number of fused-ring (bicyclic) bond motifs is 1. The number of nitrogens with zero attached hydrogens (tertiary/aromatic N) is 2. The number of para-hydroxylation sites is 2. The maximum Gasteiger partial charge on any atom is 0.0890 e. The minimum absolute atomic E-state index is 0.702. The molecule has 17 heavy (non-hydrogen) atoms. The minimum atomic E-state index is 0.702. The summed E-state index contributed by atoms with van der Waals surface area (Å²) in [5.74, 6) is 0.878. The summed E-state index contributed by atoms with van der Waals surface area (Å²) in [4.78, 5) is 9.02. The molecule has 2 aromatic rings. The van der Waals surface area contributed by atoms with Gasteiger partial charge in [-0.15, -0.1) is 0 Å². The molecule has 3 rings (SSSR count). The predicted octanol–water partition coefficient (Wildman–Crippen LogP) is 2.52. The fourth-order valence-electron chi connectivity index (χ4n) is 2.27. The summed E-state index contributed by atoms with van der Waals surface area (Å²) in [5.41, 5.74) is 2.98. The molecule has 2 unspecified atom stereocenters. The van der Waals surface area contributed by atoms with Crippen LogP contribution in [0.15, 0.2) is 30.5 Å². The predicted molar refractivity (Wildman–Crippen MR) is 68.6 cm³/mol. The summed E-state index contributed by atoms with van der Waals surface area (Å²) >= 11 is 0. The second-order valence-electron chi connectivity index (χ2n) is 4.74.